The summed E-state index contributed by atoms with van der Waals surface area (Å²) in [6.45, 7) is 1.62. The zero-order chi connectivity index (χ0) is 16.2. The van der Waals surface area contributed by atoms with Gasteiger partial charge in [-0.15, -0.1) is 0 Å². The third kappa shape index (κ3) is 4.60. The molecule has 0 saturated carbocycles. The lowest BCUT2D eigenvalue weighted by molar-refractivity contribution is -0.143. The van der Waals surface area contributed by atoms with E-state index in [2.05, 4.69) is 15.7 Å². The lowest BCUT2D eigenvalue weighted by atomic mass is 10.3. The number of alkyl halides is 3. The molecule has 7 nitrogen and oxygen atoms in total. The monoisotopic (exact) mass is 310 g/mol. The molecule has 1 heterocycles. The van der Waals surface area contributed by atoms with Crippen molar-refractivity contribution in [2.75, 3.05) is 19.5 Å². The molecule has 21 heavy (non-hydrogen) atoms. The molecule has 0 bridgehead atoms. The maximum absolute atomic E-state index is 12.6. The molecule has 1 aromatic heterocycles. The Morgan fingerprint density at radius 1 is 1.38 bits per heavy atom. The molecule has 0 radical (unpaired) electrons. The third-order valence-corrected chi connectivity index (χ3v) is 2.64. The number of carbonyl (C=O) groups excluding carboxylic acids is 1. The largest absolute Gasteiger partial charge is 0.433 e. The average molecular weight is 310 g/mol. The molecule has 10 heteroatoms. The van der Waals surface area contributed by atoms with Crippen LogP contribution < -0.4 is 10.6 Å². The number of anilines is 1. The fourth-order valence-corrected chi connectivity index (χ4v) is 1.73. The Balaban J connectivity index is 2.68. The SMILES string of the molecule is COC(OC)C(C)NC(=O)Nc1cc(C(F)(F)F)n(C)n1. The highest BCUT2D eigenvalue weighted by molar-refractivity contribution is 5.88. The van der Waals surface area contributed by atoms with Gasteiger partial charge in [0, 0.05) is 27.3 Å². The smallest absolute Gasteiger partial charge is 0.354 e. The summed E-state index contributed by atoms with van der Waals surface area (Å²) < 4.78 is 48.3. The second kappa shape index (κ2) is 6.76. The molecule has 0 aliphatic carbocycles. The molecule has 2 amide bonds. The van der Waals surface area contributed by atoms with Crippen LogP contribution in [0.4, 0.5) is 23.8 Å². The summed E-state index contributed by atoms with van der Waals surface area (Å²) in [5.41, 5.74) is -0.961. The number of rotatable bonds is 5. The van der Waals surface area contributed by atoms with Gasteiger partial charge in [-0.25, -0.2) is 4.79 Å². The van der Waals surface area contributed by atoms with E-state index in [1.54, 1.807) is 6.92 Å². The highest BCUT2D eigenvalue weighted by Crippen LogP contribution is 2.30. The first kappa shape index (κ1) is 17.2. The number of ether oxygens (including phenoxy) is 2. The Labute approximate surface area is 119 Å². The van der Waals surface area contributed by atoms with Crippen LogP contribution in [0.2, 0.25) is 0 Å². The van der Waals surface area contributed by atoms with Crippen LogP contribution >= 0.6 is 0 Å². The normalized spacial score (nSPS) is 13.3. The molecule has 0 spiro atoms. The van der Waals surface area contributed by atoms with E-state index in [1.165, 1.54) is 14.2 Å². The highest BCUT2D eigenvalue weighted by atomic mass is 19.4. The maximum atomic E-state index is 12.6. The van der Waals surface area contributed by atoms with E-state index in [-0.39, 0.29) is 5.82 Å². The van der Waals surface area contributed by atoms with Crippen molar-refractivity contribution in [1.29, 1.82) is 0 Å². The van der Waals surface area contributed by atoms with Gasteiger partial charge in [0.2, 0.25) is 0 Å². The number of amides is 2. The first-order valence-corrected chi connectivity index (χ1v) is 5.93. The third-order valence-electron chi connectivity index (χ3n) is 2.64. The molecule has 0 fully saturated rings. The van der Waals surface area contributed by atoms with Gasteiger partial charge in [-0.2, -0.15) is 18.3 Å². The topological polar surface area (TPSA) is 77.4 Å². The van der Waals surface area contributed by atoms with Gasteiger partial charge >= 0.3 is 12.2 Å². The van der Waals surface area contributed by atoms with E-state index in [0.29, 0.717) is 4.68 Å². The van der Waals surface area contributed by atoms with Crippen molar-refractivity contribution in [2.45, 2.75) is 25.4 Å². The summed E-state index contributed by atoms with van der Waals surface area (Å²) in [7, 11) is 3.94. The Morgan fingerprint density at radius 3 is 2.38 bits per heavy atom. The van der Waals surface area contributed by atoms with Crippen molar-refractivity contribution in [3.05, 3.63) is 11.8 Å². The first-order chi connectivity index (χ1) is 9.68. The molecule has 1 unspecified atom stereocenters. The van der Waals surface area contributed by atoms with Crippen molar-refractivity contribution in [3.8, 4) is 0 Å². The van der Waals surface area contributed by atoms with Crippen LogP contribution in [0.25, 0.3) is 0 Å². The summed E-state index contributed by atoms with van der Waals surface area (Å²) >= 11 is 0. The lowest BCUT2D eigenvalue weighted by Gasteiger charge is -2.21. The Bertz CT molecular complexity index is 486. The molecule has 2 N–H and O–H groups in total. The fraction of sp³-hybridized carbons (Fsp3) is 0.636. The summed E-state index contributed by atoms with van der Waals surface area (Å²) in [5.74, 6) is -0.207. The Hall–Kier alpha value is -1.81. The van der Waals surface area contributed by atoms with Crippen LogP contribution in [0.3, 0.4) is 0 Å². The van der Waals surface area contributed by atoms with Crippen molar-refractivity contribution in [1.82, 2.24) is 15.1 Å². The molecule has 0 saturated heterocycles. The molecule has 120 valence electrons. The van der Waals surface area contributed by atoms with Crippen LogP contribution in [0.5, 0.6) is 0 Å². The van der Waals surface area contributed by atoms with Gasteiger partial charge in [0.15, 0.2) is 12.1 Å². The number of hydrogen-bond acceptors (Lipinski definition) is 4. The predicted octanol–water partition coefficient (Wildman–Crippen LogP) is 1.57. The number of methoxy groups -OCH3 is 2. The second-order valence-electron chi connectivity index (χ2n) is 4.26. The molecular formula is C11H17F3N4O3. The zero-order valence-corrected chi connectivity index (χ0v) is 12.0. The van der Waals surface area contributed by atoms with Crippen LogP contribution in [-0.4, -0.2) is 42.4 Å². The van der Waals surface area contributed by atoms with Crippen molar-refractivity contribution in [2.24, 2.45) is 7.05 Å². The van der Waals surface area contributed by atoms with Gasteiger partial charge in [-0.3, -0.25) is 10.00 Å². The number of aromatic nitrogens is 2. The molecular weight excluding hydrogens is 293 g/mol. The van der Waals surface area contributed by atoms with Crippen LogP contribution in [0.15, 0.2) is 6.07 Å². The lowest BCUT2D eigenvalue weighted by Crippen LogP contribution is -2.44. The van der Waals surface area contributed by atoms with Crippen molar-refractivity contribution in [3.63, 3.8) is 0 Å². The molecule has 0 aromatic carbocycles. The minimum absolute atomic E-state index is 0.207. The molecule has 1 atom stereocenters. The number of halogens is 3. The fourth-order valence-electron chi connectivity index (χ4n) is 1.73. The quantitative estimate of drug-likeness (QED) is 0.809. The minimum Gasteiger partial charge on any atom is -0.354 e. The Kier molecular flexibility index (Phi) is 5.55. The van der Waals surface area contributed by atoms with Gasteiger partial charge in [0.25, 0.3) is 0 Å². The zero-order valence-electron chi connectivity index (χ0n) is 12.0. The summed E-state index contributed by atoms with van der Waals surface area (Å²) in [6, 6.07) is -0.479. The molecule has 0 aliphatic rings. The van der Waals surface area contributed by atoms with E-state index in [9.17, 15) is 18.0 Å². The van der Waals surface area contributed by atoms with Gasteiger partial charge in [-0.05, 0) is 6.92 Å². The van der Waals surface area contributed by atoms with Crippen LogP contribution in [0, 0.1) is 0 Å². The number of nitrogens with zero attached hydrogens (tertiary/aromatic N) is 2. The van der Waals surface area contributed by atoms with E-state index >= 15 is 0 Å². The van der Waals surface area contributed by atoms with E-state index in [4.69, 9.17) is 9.47 Å². The van der Waals surface area contributed by atoms with Gasteiger partial charge in [-0.1, -0.05) is 0 Å². The van der Waals surface area contributed by atoms with Gasteiger partial charge in [0.05, 0.1) is 6.04 Å². The summed E-state index contributed by atoms with van der Waals surface area (Å²) in [4.78, 5) is 11.7. The number of aryl methyl sites for hydroxylation is 1. The van der Waals surface area contributed by atoms with Crippen LogP contribution in [-0.2, 0) is 22.7 Å². The number of carbonyl (C=O) groups is 1. The summed E-state index contributed by atoms with van der Waals surface area (Å²) in [6.07, 6.45) is -5.21. The second-order valence-corrected chi connectivity index (χ2v) is 4.26. The first-order valence-electron chi connectivity index (χ1n) is 5.93. The maximum Gasteiger partial charge on any atom is 0.433 e. The van der Waals surface area contributed by atoms with E-state index < -0.39 is 30.2 Å². The predicted molar refractivity (Wildman–Crippen MR) is 67.6 cm³/mol. The van der Waals surface area contributed by atoms with Crippen molar-refractivity contribution >= 4 is 11.8 Å². The van der Waals surface area contributed by atoms with E-state index in [0.717, 1.165) is 13.1 Å². The molecule has 1 aromatic rings. The molecule has 0 aliphatic heterocycles. The number of nitrogens with one attached hydrogen (secondary N) is 2. The number of urea groups is 1. The van der Waals surface area contributed by atoms with Crippen LogP contribution in [0.1, 0.15) is 12.6 Å². The van der Waals surface area contributed by atoms with E-state index in [1.807, 2.05) is 0 Å². The molecule has 1 rings (SSSR count). The van der Waals surface area contributed by atoms with Crippen molar-refractivity contribution < 1.29 is 27.4 Å². The van der Waals surface area contributed by atoms with Gasteiger partial charge < -0.3 is 14.8 Å². The minimum atomic E-state index is -4.54. The Morgan fingerprint density at radius 2 is 1.95 bits per heavy atom. The summed E-state index contributed by atoms with van der Waals surface area (Å²) in [5, 5.41) is 8.26. The average Bonchev–Trinajstić information content (AvgIpc) is 2.71. The number of hydrogen-bond donors (Lipinski definition) is 2. The standard InChI is InChI=1S/C11H17F3N4O3/c1-6(9(20-3)21-4)15-10(19)16-8-5-7(11(12,13)14)18(2)17-8/h5-6,9H,1-4H3,(H2,15,16,17,19). The van der Waals surface area contributed by atoms with Gasteiger partial charge in [0.1, 0.15) is 5.69 Å². The highest BCUT2D eigenvalue weighted by Gasteiger charge is 2.35.